The molecule has 0 radical (unpaired) electrons. The minimum atomic E-state index is -3.29. The Labute approximate surface area is 136 Å². The molecule has 1 fully saturated rings. The van der Waals surface area contributed by atoms with E-state index >= 15 is 0 Å². The van der Waals surface area contributed by atoms with Crippen molar-refractivity contribution in [1.82, 2.24) is 9.97 Å². The van der Waals surface area contributed by atoms with E-state index in [1.807, 2.05) is 0 Å². The highest BCUT2D eigenvalue weighted by Gasteiger charge is 2.25. The van der Waals surface area contributed by atoms with Crippen molar-refractivity contribution in [2.45, 2.75) is 36.7 Å². The first-order chi connectivity index (χ1) is 11.0. The maximum Gasteiger partial charge on any atom is 0.178 e. The van der Waals surface area contributed by atoms with Crippen LogP contribution in [0.15, 0.2) is 47.9 Å². The first-order valence-corrected chi connectivity index (χ1v) is 9.46. The zero-order valence-corrected chi connectivity index (χ0v) is 13.6. The minimum Gasteiger partial charge on any atom is -0.393 e. The normalized spacial score (nSPS) is 22.0. The van der Waals surface area contributed by atoms with Crippen LogP contribution in [0.5, 0.6) is 0 Å². The van der Waals surface area contributed by atoms with Gasteiger partial charge in [-0.2, -0.15) is 0 Å². The van der Waals surface area contributed by atoms with Crippen LogP contribution < -0.4 is 0 Å². The van der Waals surface area contributed by atoms with Gasteiger partial charge in [0.1, 0.15) is 6.33 Å². The summed E-state index contributed by atoms with van der Waals surface area (Å²) < 4.78 is 25.1. The molecule has 0 spiro atoms. The Balaban J connectivity index is 1.73. The smallest absolute Gasteiger partial charge is 0.178 e. The average molecular weight is 332 g/mol. The molecule has 6 heteroatoms. The van der Waals surface area contributed by atoms with Crippen LogP contribution in [0.2, 0.25) is 0 Å². The van der Waals surface area contributed by atoms with E-state index in [1.165, 1.54) is 6.33 Å². The van der Waals surface area contributed by atoms with Crippen molar-refractivity contribution in [2.75, 3.05) is 5.75 Å². The summed E-state index contributed by atoms with van der Waals surface area (Å²) in [6, 6.07) is 6.87. The lowest BCUT2D eigenvalue weighted by Crippen LogP contribution is -2.24. The topological polar surface area (TPSA) is 80.2 Å². The van der Waals surface area contributed by atoms with Gasteiger partial charge < -0.3 is 5.11 Å². The zero-order valence-electron chi connectivity index (χ0n) is 12.8. The largest absolute Gasteiger partial charge is 0.393 e. The molecule has 0 saturated heterocycles. The molecule has 1 aromatic carbocycles. The maximum absolute atomic E-state index is 12.5. The number of aliphatic hydroxyl groups is 1. The van der Waals surface area contributed by atoms with Gasteiger partial charge in [-0.3, -0.25) is 0 Å². The Hall–Kier alpha value is -1.79. The Kier molecular flexibility index (Phi) is 4.73. The molecule has 5 nitrogen and oxygen atoms in total. The molecule has 0 amide bonds. The molecule has 2 aromatic rings. The highest BCUT2D eigenvalue weighted by molar-refractivity contribution is 7.91. The molecule has 1 N–H and O–H groups in total. The van der Waals surface area contributed by atoms with Gasteiger partial charge >= 0.3 is 0 Å². The third-order valence-corrected chi connectivity index (χ3v) is 6.28. The Morgan fingerprint density at radius 1 is 0.957 bits per heavy atom. The van der Waals surface area contributed by atoms with Gasteiger partial charge in [-0.25, -0.2) is 18.4 Å². The lowest BCUT2D eigenvalue weighted by Gasteiger charge is -2.25. The molecule has 0 aliphatic heterocycles. The molecule has 1 aromatic heterocycles. The number of sulfone groups is 1. The summed E-state index contributed by atoms with van der Waals surface area (Å²) in [5.41, 5.74) is 1.75. The summed E-state index contributed by atoms with van der Waals surface area (Å²) in [7, 11) is -3.29. The fourth-order valence-corrected chi connectivity index (χ4v) is 4.72. The van der Waals surface area contributed by atoms with E-state index in [0.717, 1.165) is 24.0 Å². The molecule has 0 unspecified atom stereocenters. The van der Waals surface area contributed by atoms with Crippen LogP contribution in [0.4, 0.5) is 0 Å². The van der Waals surface area contributed by atoms with Crippen molar-refractivity contribution in [1.29, 1.82) is 0 Å². The number of aromatic nitrogens is 2. The highest BCUT2D eigenvalue weighted by Crippen LogP contribution is 2.28. The number of hydrogen-bond acceptors (Lipinski definition) is 5. The van der Waals surface area contributed by atoms with E-state index in [-0.39, 0.29) is 17.8 Å². The Bertz CT molecular complexity index is 737. The molecule has 0 bridgehead atoms. The van der Waals surface area contributed by atoms with Crippen molar-refractivity contribution >= 4 is 9.84 Å². The Morgan fingerprint density at radius 3 is 2.17 bits per heavy atom. The molecular formula is C17H20N2O3S. The second kappa shape index (κ2) is 6.76. The molecule has 1 heterocycles. The van der Waals surface area contributed by atoms with E-state index in [9.17, 15) is 13.5 Å². The zero-order chi connectivity index (χ0) is 16.3. The third-order valence-electron chi connectivity index (χ3n) is 4.38. The highest BCUT2D eigenvalue weighted by atomic mass is 32.2. The molecule has 3 rings (SSSR count). The lowest BCUT2D eigenvalue weighted by atomic mass is 9.89. The first-order valence-electron chi connectivity index (χ1n) is 7.81. The Morgan fingerprint density at radius 2 is 1.57 bits per heavy atom. The van der Waals surface area contributed by atoms with Crippen LogP contribution in [0.3, 0.4) is 0 Å². The van der Waals surface area contributed by atoms with Gasteiger partial charge in [0, 0.05) is 18.0 Å². The van der Waals surface area contributed by atoms with Gasteiger partial charge in [0.2, 0.25) is 0 Å². The SMILES string of the molecule is O=S(=O)(CC1CCC(O)CC1)c1ccc(-c2cncnc2)cc1. The molecular weight excluding hydrogens is 312 g/mol. The maximum atomic E-state index is 12.5. The average Bonchev–Trinajstić information content (AvgIpc) is 2.58. The number of nitrogens with zero attached hydrogens (tertiary/aromatic N) is 2. The molecule has 1 saturated carbocycles. The van der Waals surface area contributed by atoms with Crippen molar-refractivity contribution < 1.29 is 13.5 Å². The monoisotopic (exact) mass is 332 g/mol. The second-order valence-electron chi connectivity index (χ2n) is 6.11. The third kappa shape index (κ3) is 3.95. The number of rotatable bonds is 4. The van der Waals surface area contributed by atoms with Crippen LogP contribution in [0.1, 0.15) is 25.7 Å². The quantitative estimate of drug-likeness (QED) is 0.930. The van der Waals surface area contributed by atoms with E-state index in [1.54, 1.807) is 36.7 Å². The molecule has 23 heavy (non-hydrogen) atoms. The fourth-order valence-electron chi connectivity index (χ4n) is 3.02. The van der Waals surface area contributed by atoms with Crippen LogP contribution in [-0.2, 0) is 9.84 Å². The fraction of sp³-hybridized carbons (Fsp3) is 0.412. The van der Waals surface area contributed by atoms with Crippen LogP contribution in [0.25, 0.3) is 11.1 Å². The van der Waals surface area contributed by atoms with Crippen molar-refractivity contribution in [3.8, 4) is 11.1 Å². The number of hydrogen-bond donors (Lipinski definition) is 1. The summed E-state index contributed by atoms with van der Waals surface area (Å²) in [6.45, 7) is 0. The van der Waals surface area contributed by atoms with E-state index in [4.69, 9.17) is 0 Å². The minimum absolute atomic E-state index is 0.144. The number of benzene rings is 1. The molecule has 1 aliphatic carbocycles. The summed E-state index contributed by atoms with van der Waals surface area (Å²) >= 11 is 0. The summed E-state index contributed by atoms with van der Waals surface area (Å²) in [5, 5.41) is 9.52. The van der Waals surface area contributed by atoms with E-state index in [0.29, 0.717) is 17.7 Å². The van der Waals surface area contributed by atoms with E-state index < -0.39 is 9.84 Å². The molecule has 1 aliphatic rings. The van der Waals surface area contributed by atoms with E-state index in [2.05, 4.69) is 9.97 Å². The van der Waals surface area contributed by atoms with Crippen molar-refractivity contribution in [3.05, 3.63) is 43.0 Å². The predicted octanol–water partition coefficient (Wildman–Crippen LogP) is 2.47. The van der Waals surface area contributed by atoms with Crippen molar-refractivity contribution in [3.63, 3.8) is 0 Å². The summed E-state index contributed by atoms with van der Waals surface area (Å²) in [5.74, 6) is 0.304. The van der Waals surface area contributed by atoms with Crippen molar-refractivity contribution in [2.24, 2.45) is 5.92 Å². The lowest BCUT2D eigenvalue weighted by molar-refractivity contribution is 0.113. The van der Waals surface area contributed by atoms with Crippen LogP contribution >= 0.6 is 0 Å². The van der Waals surface area contributed by atoms with Gasteiger partial charge in [-0.05, 0) is 49.3 Å². The molecule has 0 atom stereocenters. The van der Waals surface area contributed by atoms with Crippen LogP contribution in [0, 0.1) is 5.92 Å². The van der Waals surface area contributed by atoms with Gasteiger partial charge in [-0.15, -0.1) is 0 Å². The van der Waals surface area contributed by atoms with Gasteiger partial charge in [0.05, 0.1) is 16.8 Å². The second-order valence-corrected chi connectivity index (χ2v) is 8.14. The first kappa shape index (κ1) is 16.1. The standard InChI is InChI=1S/C17H20N2O3S/c20-16-5-1-13(2-6-16)11-23(21,22)17-7-3-14(4-8-17)15-9-18-12-19-10-15/h3-4,7-10,12-13,16,20H,1-2,5-6,11H2. The molecule has 122 valence electrons. The summed E-state index contributed by atoms with van der Waals surface area (Å²) in [4.78, 5) is 8.28. The van der Waals surface area contributed by atoms with Gasteiger partial charge in [0.15, 0.2) is 9.84 Å². The number of aliphatic hydroxyl groups excluding tert-OH is 1. The van der Waals surface area contributed by atoms with Gasteiger partial charge in [0.25, 0.3) is 0 Å². The van der Waals surface area contributed by atoms with Crippen LogP contribution in [-0.4, -0.2) is 35.3 Å². The van der Waals surface area contributed by atoms with Gasteiger partial charge in [-0.1, -0.05) is 12.1 Å². The summed E-state index contributed by atoms with van der Waals surface area (Å²) in [6.07, 6.45) is 7.55. The predicted molar refractivity (Wildman–Crippen MR) is 87.5 cm³/mol.